The van der Waals surface area contributed by atoms with Crippen molar-refractivity contribution < 1.29 is 0 Å². The molecule has 1 aliphatic rings. The molecule has 0 aromatic rings. The largest absolute Gasteiger partial charge is 0.370 e. The van der Waals surface area contributed by atoms with E-state index >= 15 is 0 Å². The fourth-order valence-corrected chi connectivity index (χ4v) is 1.38. The Morgan fingerprint density at radius 1 is 1.64 bits per heavy atom. The summed E-state index contributed by atoms with van der Waals surface area (Å²) in [6.45, 7) is 3.90. The Labute approximate surface area is 68.1 Å². The average Bonchev–Trinajstić information content (AvgIpc) is 1.85. The molecule has 0 atom stereocenters. The van der Waals surface area contributed by atoms with Gasteiger partial charge in [-0.25, -0.2) is 0 Å². The lowest BCUT2D eigenvalue weighted by Crippen LogP contribution is -2.40. The Hall–Kier alpha value is -0.730. The summed E-state index contributed by atoms with van der Waals surface area (Å²) in [6, 6.07) is 0. The van der Waals surface area contributed by atoms with Crippen molar-refractivity contribution in [3.8, 4) is 0 Å². The van der Waals surface area contributed by atoms with Gasteiger partial charge < -0.3 is 10.6 Å². The van der Waals surface area contributed by atoms with Crippen molar-refractivity contribution in [2.45, 2.75) is 26.2 Å². The normalized spacial score (nSPS) is 17.5. The maximum absolute atomic E-state index is 7.25. The topological polar surface area (TPSA) is 53.1 Å². The van der Waals surface area contributed by atoms with E-state index in [4.69, 9.17) is 11.1 Å². The van der Waals surface area contributed by atoms with Crippen LogP contribution >= 0.6 is 0 Å². The number of guanidine groups is 1. The molecule has 1 saturated carbocycles. The zero-order valence-electron chi connectivity index (χ0n) is 7.14. The molecular formula is C8H17N3. The van der Waals surface area contributed by atoms with E-state index in [9.17, 15) is 0 Å². The highest BCUT2D eigenvalue weighted by molar-refractivity contribution is 5.74. The van der Waals surface area contributed by atoms with Crippen molar-refractivity contribution in [1.29, 1.82) is 5.41 Å². The van der Waals surface area contributed by atoms with Gasteiger partial charge in [-0.2, -0.15) is 0 Å². The zero-order valence-corrected chi connectivity index (χ0v) is 7.14. The van der Waals surface area contributed by atoms with Crippen LogP contribution in [-0.2, 0) is 0 Å². The van der Waals surface area contributed by atoms with Crippen LogP contribution in [0.4, 0.5) is 0 Å². The van der Waals surface area contributed by atoms with Crippen LogP contribution < -0.4 is 5.73 Å². The molecule has 0 amide bonds. The minimum Gasteiger partial charge on any atom is -0.370 e. The van der Waals surface area contributed by atoms with E-state index < -0.39 is 0 Å². The molecule has 0 heterocycles. The minimum atomic E-state index is 0.222. The first kappa shape index (κ1) is 8.37. The third-order valence-corrected chi connectivity index (χ3v) is 2.43. The number of hydrogen-bond acceptors (Lipinski definition) is 1. The van der Waals surface area contributed by atoms with Crippen LogP contribution in [0.15, 0.2) is 0 Å². The summed E-state index contributed by atoms with van der Waals surface area (Å²) in [5, 5.41) is 7.25. The lowest BCUT2D eigenvalue weighted by Gasteiger charge is -2.31. The SMILES string of the molecule is CCN(CC1CCC1)C(=N)N. The smallest absolute Gasteiger partial charge is 0.188 e. The molecule has 1 rings (SSSR count). The predicted molar refractivity (Wildman–Crippen MR) is 46.5 cm³/mol. The van der Waals surface area contributed by atoms with Crippen molar-refractivity contribution in [1.82, 2.24) is 4.90 Å². The van der Waals surface area contributed by atoms with Gasteiger partial charge in [0.25, 0.3) is 0 Å². The molecule has 0 radical (unpaired) electrons. The van der Waals surface area contributed by atoms with Crippen molar-refractivity contribution >= 4 is 5.96 Å². The van der Waals surface area contributed by atoms with Gasteiger partial charge in [0.2, 0.25) is 0 Å². The van der Waals surface area contributed by atoms with Crippen LogP contribution in [0.1, 0.15) is 26.2 Å². The van der Waals surface area contributed by atoms with Gasteiger partial charge >= 0.3 is 0 Å². The molecule has 0 aromatic heterocycles. The fourth-order valence-electron chi connectivity index (χ4n) is 1.38. The highest BCUT2D eigenvalue weighted by Gasteiger charge is 2.20. The minimum absolute atomic E-state index is 0.222. The molecule has 3 heteroatoms. The molecule has 0 aromatic carbocycles. The second-order valence-electron chi connectivity index (χ2n) is 3.22. The van der Waals surface area contributed by atoms with Gasteiger partial charge in [-0.3, -0.25) is 5.41 Å². The predicted octanol–water partition coefficient (Wildman–Crippen LogP) is 1.00. The van der Waals surface area contributed by atoms with Gasteiger partial charge in [0.1, 0.15) is 0 Å². The van der Waals surface area contributed by atoms with Gasteiger partial charge in [-0.15, -0.1) is 0 Å². The summed E-state index contributed by atoms with van der Waals surface area (Å²) in [6.07, 6.45) is 4.01. The molecule has 0 saturated heterocycles. The maximum atomic E-state index is 7.25. The van der Waals surface area contributed by atoms with E-state index in [0.717, 1.165) is 19.0 Å². The summed E-state index contributed by atoms with van der Waals surface area (Å²) >= 11 is 0. The van der Waals surface area contributed by atoms with E-state index in [1.807, 2.05) is 11.8 Å². The number of nitrogens with two attached hydrogens (primary N) is 1. The Morgan fingerprint density at radius 3 is 2.55 bits per heavy atom. The van der Waals surface area contributed by atoms with E-state index in [1.165, 1.54) is 19.3 Å². The van der Waals surface area contributed by atoms with Crippen molar-refractivity contribution in [2.75, 3.05) is 13.1 Å². The number of rotatable bonds is 3. The zero-order chi connectivity index (χ0) is 8.27. The molecule has 0 unspecified atom stereocenters. The molecule has 1 fully saturated rings. The van der Waals surface area contributed by atoms with E-state index in [-0.39, 0.29) is 5.96 Å². The van der Waals surface area contributed by atoms with Gasteiger partial charge in [-0.1, -0.05) is 6.42 Å². The van der Waals surface area contributed by atoms with Crippen molar-refractivity contribution in [3.63, 3.8) is 0 Å². The Kier molecular flexibility index (Phi) is 2.74. The molecular weight excluding hydrogens is 138 g/mol. The Balaban J connectivity index is 2.24. The third kappa shape index (κ3) is 2.10. The molecule has 64 valence electrons. The van der Waals surface area contributed by atoms with Crippen LogP contribution in [0, 0.1) is 11.3 Å². The molecule has 3 nitrogen and oxygen atoms in total. The summed E-state index contributed by atoms with van der Waals surface area (Å²) in [5.41, 5.74) is 5.38. The first-order valence-corrected chi connectivity index (χ1v) is 4.33. The summed E-state index contributed by atoms with van der Waals surface area (Å²) < 4.78 is 0. The highest BCUT2D eigenvalue weighted by atomic mass is 15.2. The molecule has 1 aliphatic carbocycles. The molecule has 0 spiro atoms. The molecule has 0 aliphatic heterocycles. The number of nitrogens with zero attached hydrogens (tertiary/aromatic N) is 1. The quantitative estimate of drug-likeness (QED) is 0.472. The highest BCUT2D eigenvalue weighted by Crippen LogP contribution is 2.26. The van der Waals surface area contributed by atoms with Crippen molar-refractivity contribution in [3.05, 3.63) is 0 Å². The van der Waals surface area contributed by atoms with Crippen LogP contribution in [0.2, 0.25) is 0 Å². The Bertz CT molecular complexity index is 140. The van der Waals surface area contributed by atoms with E-state index in [0.29, 0.717) is 0 Å². The number of nitrogens with one attached hydrogen (secondary N) is 1. The van der Waals surface area contributed by atoms with Gasteiger partial charge in [0.15, 0.2) is 5.96 Å². The first-order chi connectivity index (χ1) is 5.24. The fraction of sp³-hybridized carbons (Fsp3) is 0.875. The second-order valence-corrected chi connectivity index (χ2v) is 3.22. The number of hydrogen-bond donors (Lipinski definition) is 2. The lowest BCUT2D eigenvalue weighted by molar-refractivity contribution is 0.242. The van der Waals surface area contributed by atoms with Crippen LogP contribution in [0.3, 0.4) is 0 Å². The maximum Gasteiger partial charge on any atom is 0.188 e. The monoisotopic (exact) mass is 155 g/mol. The molecule has 11 heavy (non-hydrogen) atoms. The molecule has 0 bridgehead atoms. The summed E-state index contributed by atoms with van der Waals surface area (Å²) in [5.74, 6) is 1.03. The third-order valence-electron chi connectivity index (χ3n) is 2.43. The Morgan fingerprint density at radius 2 is 2.27 bits per heavy atom. The standard InChI is InChI=1S/C8H17N3/c1-2-11(8(9)10)6-7-4-3-5-7/h7H,2-6H2,1H3,(H3,9,10). The van der Waals surface area contributed by atoms with Crippen LogP contribution in [0.25, 0.3) is 0 Å². The average molecular weight is 155 g/mol. The van der Waals surface area contributed by atoms with E-state index in [1.54, 1.807) is 0 Å². The van der Waals surface area contributed by atoms with Gasteiger partial charge in [0, 0.05) is 13.1 Å². The van der Waals surface area contributed by atoms with E-state index in [2.05, 4.69) is 0 Å². The summed E-state index contributed by atoms with van der Waals surface area (Å²) in [7, 11) is 0. The van der Waals surface area contributed by atoms with Crippen LogP contribution in [0.5, 0.6) is 0 Å². The lowest BCUT2D eigenvalue weighted by atomic mass is 9.85. The first-order valence-electron chi connectivity index (χ1n) is 4.33. The molecule has 3 N–H and O–H groups in total. The van der Waals surface area contributed by atoms with Gasteiger partial charge in [-0.05, 0) is 25.7 Å². The van der Waals surface area contributed by atoms with Crippen LogP contribution in [-0.4, -0.2) is 23.9 Å². The van der Waals surface area contributed by atoms with Gasteiger partial charge in [0.05, 0.1) is 0 Å². The van der Waals surface area contributed by atoms with Crippen molar-refractivity contribution in [2.24, 2.45) is 11.7 Å². The summed E-state index contributed by atoms with van der Waals surface area (Å²) in [4.78, 5) is 1.93. The second kappa shape index (κ2) is 3.60.